The summed E-state index contributed by atoms with van der Waals surface area (Å²) in [5.74, 6) is 0. The number of hydrogen-bond acceptors (Lipinski definition) is 3. The van der Waals surface area contributed by atoms with Crippen molar-refractivity contribution < 1.29 is 8.42 Å². The van der Waals surface area contributed by atoms with Crippen LogP contribution in [0.3, 0.4) is 0 Å². The highest BCUT2D eigenvalue weighted by atomic mass is 35.5. The molecule has 4 nitrogen and oxygen atoms in total. The van der Waals surface area contributed by atoms with Crippen LogP contribution in [-0.2, 0) is 10.0 Å². The topological polar surface area (TPSA) is 49.7 Å². The fraction of sp³-hybridized carbons (Fsp3) is 0.188. The highest BCUT2D eigenvalue weighted by Crippen LogP contribution is 2.30. The fourth-order valence-electron chi connectivity index (χ4n) is 2.46. The second-order valence-corrected chi connectivity index (χ2v) is 8.87. The zero-order valence-corrected chi connectivity index (χ0v) is 16.6. The van der Waals surface area contributed by atoms with E-state index < -0.39 is 10.0 Å². The minimum absolute atomic E-state index is 0.0687. The molecule has 2 aromatic carbocycles. The van der Waals surface area contributed by atoms with Crippen LogP contribution in [0.5, 0.6) is 0 Å². The van der Waals surface area contributed by atoms with E-state index >= 15 is 0 Å². The second kappa shape index (κ2) is 7.33. The zero-order valence-electron chi connectivity index (χ0n) is 12.7. The van der Waals surface area contributed by atoms with E-state index in [1.54, 1.807) is 18.2 Å². The van der Waals surface area contributed by atoms with Gasteiger partial charge in [-0.25, -0.2) is 0 Å². The highest BCUT2D eigenvalue weighted by Gasteiger charge is 2.29. The van der Waals surface area contributed by atoms with E-state index in [-0.39, 0.29) is 21.5 Å². The number of rotatable bonds is 3. The van der Waals surface area contributed by atoms with Crippen LogP contribution < -0.4 is 0 Å². The third-order valence-corrected chi connectivity index (χ3v) is 6.83. The van der Waals surface area contributed by atoms with Gasteiger partial charge in [-0.15, -0.1) is 0 Å². The molecule has 3 rings (SSSR count). The van der Waals surface area contributed by atoms with E-state index in [1.807, 2.05) is 0 Å². The lowest BCUT2D eigenvalue weighted by Gasteiger charge is -2.25. The lowest BCUT2D eigenvalue weighted by molar-refractivity contribution is 0.410. The summed E-state index contributed by atoms with van der Waals surface area (Å²) in [6.07, 6.45) is 1.25. The van der Waals surface area contributed by atoms with Crippen molar-refractivity contribution in [1.29, 1.82) is 0 Å². The molecule has 0 unspecified atom stereocenters. The van der Waals surface area contributed by atoms with Gasteiger partial charge in [-0.05, 0) is 48.7 Å². The van der Waals surface area contributed by atoms with Crippen LogP contribution in [0.2, 0.25) is 20.1 Å². The number of sulfonamides is 1. The molecule has 0 fully saturated rings. The monoisotopic (exact) mass is 436 g/mol. The minimum Gasteiger partial charge on any atom is -0.200 e. The van der Waals surface area contributed by atoms with Gasteiger partial charge in [0, 0.05) is 5.02 Å². The van der Waals surface area contributed by atoms with Crippen LogP contribution in [0, 0.1) is 0 Å². The smallest absolute Gasteiger partial charge is 0.200 e. The van der Waals surface area contributed by atoms with Gasteiger partial charge in [0.2, 0.25) is 0 Å². The summed E-state index contributed by atoms with van der Waals surface area (Å²) in [5, 5.41) is 5.50. The van der Waals surface area contributed by atoms with Crippen molar-refractivity contribution in [3.63, 3.8) is 0 Å². The van der Waals surface area contributed by atoms with Crippen molar-refractivity contribution in [2.75, 3.05) is 6.54 Å². The molecule has 0 saturated heterocycles. The van der Waals surface area contributed by atoms with Gasteiger partial charge in [0.05, 0.1) is 27.3 Å². The first kappa shape index (κ1) is 18.8. The van der Waals surface area contributed by atoms with Crippen molar-refractivity contribution in [3.05, 3.63) is 62.1 Å². The molecular formula is C16H12Cl4N2O2S. The average molecular weight is 438 g/mol. The number of hydrogen-bond donors (Lipinski definition) is 0. The maximum absolute atomic E-state index is 12.9. The molecule has 25 heavy (non-hydrogen) atoms. The molecule has 9 heteroatoms. The van der Waals surface area contributed by atoms with Crippen LogP contribution in [-0.4, -0.2) is 25.1 Å². The first-order valence-electron chi connectivity index (χ1n) is 7.30. The normalized spacial score (nSPS) is 15.2. The summed E-state index contributed by atoms with van der Waals surface area (Å²) in [4.78, 5) is -0.0687. The molecule has 0 bridgehead atoms. The number of nitrogens with zero attached hydrogens (tertiary/aromatic N) is 2. The van der Waals surface area contributed by atoms with Crippen molar-refractivity contribution in [1.82, 2.24) is 4.41 Å². The predicted octanol–water partition coefficient (Wildman–Crippen LogP) is 5.49. The zero-order chi connectivity index (χ0) is 18.2. The molecule has 0 radical (unpaired) electrons. The standard InChI is InChI=1S/C16H12Cl4N2O2S/c17-11-4-6-13(19)16(9-11)25(23,24)22-7-1-2-15(21-22)10-3-5-12(18)14(20)8-10/h3-6,8-9H,1-2,7H2. The van der Waals surface area contributed by atoms with Crippen LogP contribution >= 0.6 is 46.4 Å². The molecule has 0 aliphatic carbocycles. The molecule has 1 aliphatic heterocycles. The summed E-state index contributed by atoms with van der Waals surface area (Å²) in [5.41, 5.74) is 1.35. The van der Waals surface area contributed by atoms with Crippen molar-refractivity contribution >= 4 is 62.1 Å². The highest BCUT2D eigenvalue weighted by molar-refractivity contribution is 7.89. The van der Waals surface area contributed by atoms with Crippen molar-refractivity contribution in [2.24, 2.45) is 5.10 Å². The summed E-state index contributed by atoms with van der Waals surface area (Å²) in [6.45, 7) is 0.260. The third-order valence-electron chi connectivity index (χ3n) is 3.70. The second-order valence-electron chi connectivity index (χ2n) is 5.40. The Hall–Kier alpha value is -0.980. The van der Waals surface area contributed by atoms with Crippen LogP contribution in [0.4, 0.5) is 0 Å². The summed E-state index contributed by atoms with van der Waals surface area (Å²) >= 11 is 23.9. The first-order valence-corrected chi connectivity index (χ1v) is 10.2. The Bertz CT molecular complexity index is 961. The molecule has 0 aromatic heterocycles. The van der Waals surface area contributed by atoms with E-state index in [0.717, 1.165) is 9.98 Å². The average Bonchev–Trinajstić information content (AvgIpc) is 2.59. The SMILES string of the molecule is O=S(=O)(c1cc(Cl)ccc1Cl)N1CCCC(c2ccc(Cl)c(Cl)c2)=N1. The molecule has 0 spiro atoms. The number of hydrazone groups is 1. The largest absolute Gasteiger partial charge is 0.280 e. The third kappa shape index (κ3) is 3.91. The van der Waals surface area contributed by atoms with Crippen LogP contribution in [0.1, 0.15) is 18.4 Å². The minimum atomic E-state index is -3.90. The fourth-order valence-corrected chi connectivity index (χ4v) is 4.79. The van der Waals surface area contributed by atoms with Gasteiger partial charge >= 0.3 is 0 Å². The van der Waals surface area contributed by atoms with E-state index in [0.29, 0.717) is 28.6 Å². The van der Waals surface area contributed by atoms with Gasteiger partial charge < -0.3 is 0 Å². The molecule has 0 atom stereocenters. The molecule has 2 aromatic rings. The molecule has 1 aliphatic rings. The number of halogens is 4. The maximum Gasteiger partial charge on any atom is 0.280 e. The first-order chi connectivity index (χ1) is 11.8. The van der Waals surface area contributed by atoms with Crippen LogP contribution in [0.15, 0.2) is 46.4 Å². The molecule has 1 heterocycles. The maximum atomic E-state index is 12.9. The van der Waals surface area contributed by atoms with Gasteiger partial charge in [-0.1, -0.05) is 52.5 Å². The van der Waals surface area contributed by atoms with Gasteiger partial charge in [0.25, 0.3) is 10.0 Å². The molecular weight excluding hydrogens is 426 g/mol. The lowest BCUT2D eigenvalue weighted by Crippen LogP contribution is -2.32. The van der Waals surface area contributed by atoms with Gasteiger partial charge in [0.15, 0.2) is 0 Å². The van der Waals surface area contributed by atoms with E-state index in [2.05, 4.69) is 5.10 Å². The Morgan fingerprint density at radius 3 is 2.36 bits per heavy atom. The number of benzene rings is 2. The lowest BCUT2D eigenvalue weighted by atomic mass is 10.1. The van der Waals surface area contributed by atoms with E-state index in [1.165, 1.54) is 18.2 Å². The summed E-state index contributed by atoms with van der Waals surface area (Å²) < 4.78 is 26.8. The van der Waals surface area contributed by atoms with Crippen molar-refractivity contribution in [3.8, 4) is 0 Å². The Kier molecular flexibility index (Phi) is 5.51. The van der Waals surface area contributed by atoms with Crippen molar-refractivity contribution in [2.45, 2.75) is 17.7 Å². The van der Waals surface area contributed by atoms with Gasteiger partial charge in [-0.3, -0.25) is 0 Å². The molecule has 0 amide bonds. The van der Waals surface area contributed by atoms with Gasteiger partial charge in [-0.2, -0.15) is 17.9 Å². The summed E-state index contributed by atoms with van der Waals surface area (Å²) in [7, 11) is -3.90. The van der Waals surface area contributed by atoms with E-state index in [9.17, 15) is 8.42 Å². The molecule has 132 valence electrons. The predicted molar refractivity (Wildman–Crippen MR) is 103 cm³/mol. The quantitative estimate of drug-likeness (QED) is 0.637. The van der Waals surface area contributed by atoms with Crippen LogP contribution in [0.25, 0.3) is 0 Å². The Balaban J connectivity index is 2.02. The van der Waals surface area contributed by atoms with E-state index in [4.69, 9.17) is 46.4 Å². The Morgan fingerprint density at radius 1 is 0.920 bits per heavy atom. The Labute approximate surface area is 166 Å². The summed E-state index contributed by atoms with van der Waals surface area (Å²) in [6, 6.07) is 9.39. The molecule has 0 saturated carbocycles. The van der Waals surface area contributed by atoms with Gasteiger partial charge in [0.1, 0.15) is 4.90 Å². The molecule has 0 N–H and O–H groups in total. The Morgan fingerprint density at radius 2 is 1.64 bits per heavy atom.